The normalized spacial score (nSPS) is 20.4. The first kappa shape index (κ1) is 11.3. The molecule has 18 heavy (non-hydrogen) atoms. The summed E-state index contributed by atoms with van der Waals surface area (Å²) < 4.78 is 4.97. The molecule has 1 atom stereocenters. The maximum atomic E-state index is 4.97. The van der Waals surface area contributed by atoms with Gasteiger partial charge < -0.3 is 4.52 Å². The van der Waals surface area contributed by atoms with E-state index in [-0.39, 0.29) is 0 Å². The molecule has 0 spiro atoms. The zero-order chi connectivity index (χ0) is 12.4. The predicted molar refractivity (Wildman–Crippen MR) is 65.9 cm³/mol. The SMILES string of the molecule is Cc1nocc1CN1CCC(c2ncccn2)C1. The Hall–Kier alpha value is -1.75. The van der Waals surface area contributed by atoms with Gasteiger partial charge in [-0.2, -0.15) is 0 Å². The van der Waals surface area contributed by atoms with Crippen molar-refractivity contribution in [2.75, 3.05) is 13.1 Å². The summed E-state index contributed by atoms with van der Waals surface area (Å²) in [5.41, 5.74) is 2.15. The molecule has 1 aliphatic heterocycles. The van der Waals surface area contributed by atoms with Crippen molar-refractivity contribution in [1.82, 2.24) is 20.0 Å². The maximum absolute atomic E-state index is 4.97. The van der Waals surface area contributed by atoms with Gasteiger partial charge in [0.1, 0.15) is 12.1 Å². The van der Waals surface area contributed by atoms with Crippen LogP contribution in [0.2, 0.25) is 0 Å². The van der Waals surface area contributed by atoms with Crippen LogP contribution in [0.1, 0.15) is 29.4 Å². The molecule has 5 nitrogen and oxygen atoms in total. The molecular formula is C13H16N4O. The van der Waals surface area contributed by atoms with E-state index in [1.165, 1.54) is 5.56 Å². The second kappa shape index (κ2) is 4.86. The number of rotatable bonds is 3. The van der Waals surface area contributed by atoms with Gasteiger partial charge in [-0.25, -0.2) is 9.97 Å². The van der Waals surface area contributed by atoms with Gasteiger partial charge in [-0.15, -0.1) is 0 Å². The Morgan fingerprint density at radius 3 is 2.94 bits per heavy atom. The molecule has 0 aromatic carbocycles. The quantitative estimate of drug-likeness (QED) is 0.823. The number of aromatic nitrogens is 3. The minimum Gasteiger partial charge on any atom is -0.364 e. The predicted octanol–water partition coefficient (Wildman–Crippen LogP) is 1.76. The Kier molecular flexibility index (Phi) is 3.06. The molecule has 2 aromatic heterocycles. The molecule has 0 radical (unpaired) electrons. The highest BCUT2D eigenvalue weighted by Gasteiger charge is 2.26. The molecule has 0 saturated carbocycles. The summed E-state index contributed by atoms with van der Waals surface area (Å²) in [5.74, 6) is 1.41. The topological polar surface area (TPSA) is 55.1 Å². The maximum Gasteiger partial charge on any atom is 0.132 e. The molecule has 1 unspecified atom stereocenters. The first-order valence-corrected chi connectivity index (χ1v) is 6.22. The van der Waals surface area contributed by atoms with E-state index in [1.54, 1.807) is 6.26 Å². The summed E-state index contributed by atoms with van der Waals surface area (Å²) in [5, 5.41) is 3.91. The zero-order valence-electron chi connectivity index (χ0n) is 10.4. The highest BCUT2D eigenvalue weighted by Crippen LogP contribution is 2.25. The Bertz CT molecular complexity index is 511. The van der Waals surface area contributed by atoms with E-state index in [9.17, 15) is 0 Å². The molecule has 3 rings (SSSR count). The number of nitrogens with zero attached hydrogens (tertiary/aromatic N) is 4. The number of hydrogen-bond donors (Lipinski definition) is 0. The van der Waals surface area contributed by atoms with Crippen LogP contribution in [0.3, 0.4) is 0 Å². The molecule has 94 valence electrons. The standard InChI is InChI=1S/C13H16N4O/c1-10-12(9-18-16-10)8-17-6-3-11(7-17)13-14-4-2-5-15-13/h2,4-5,9,11H,3,6-8H2,1H3. The van der Waals surface area contributed by atoms with Gasteiger partial charge in [-0.05, 0) is 26.0 Å². The Balaban J connectivity index is 1.64. The molecule has 3 heterocycles. The number of aryl methyl sites for hydroxylation is 1. The van der Waals surface area contributed by atoms with E-state index in [1.807, 2.05) is 25.4 Å². The molecule has 5 heteroatoms. The van der Waals surface area contributed by atoms with Crippen LogP contribution in [0.25, 0.3) is 0 Å². The van der Waals surface area contributed by atoms with Gasteiger partial charge in [-0.3, -0.25) is 4.90 Å². The van der Waals surface area contributed by atoms with E-state index < -0.39 is 0 Å². The van der Waals surface area contributed by atoms with Gasteiger partial charge >= 0.3 is 0 Å². The fourth-order valence-corrected chi connectivity index (χ4v) is 2.41. The van der Waals surface area contributed by atoms with Gasteiger partial charge in [0.25, 0.3) is 0 Å². The number of likely N-dealkylation sites (tertiary alicyclic amines) is 1. The summed E-state index contributed by atoms with van der Waals surface area (Å²) in [6.07, 6.45) is 6.49. The third kappa shape index (κ3) is 2.26. The van der Waals surface area contributed by atoms with Crippen LogP contribution in [-0.4, -0.2) is 33.1 Å². The Morgan fingerprint density at radius 1 is 1.39 bits per heavy atom. The second-order valence-corrected chi connectivity index (χ2v) is 4.75. The van der Waals surface area contributed by atoms with Crippen LogP contribution < -0.4 is 0 Å². The van der Waals surface area contributed by atoms with Gasteiger partial charge in [-0.1, -0.05) is 5.16 Å². The van der Waals surface area contributed by atoms with Gasteiger partial charge in [0.15, 0.2) is 0 Å². The van der Waals surface area contributed by atoms with Crippen molar-refractivity contribution >= 4 is 0 Å². The van der Waals surface area contributed by atoms with Crippen molar-refractivity contribution in [3.63, 3.8) is 0 Å². The lowest BCUT2D eigenvalue weighted by molar-refractivity contribution is 0.323. The van der Waals surface area contributed by atoms with Crippen molar-refractivity contribution in [1.29, 1.82) is 0 Å². The lowest BCUT2D eigenvalue weighted by Crippen LogP contribution is -2.20. The highest BCUT2D eigenvalue weighted by atomic mass is 16.5. The Morgan fingerprint density at radius 2 is 2.22 bits per heavy atom. The second-order valence-electron chi connectivity index (χ2n) is 4.75. The third-order valence-corrected chi connectivity index (χ3v) is 3.47. The molecule has 2 aromatic rings. The summed E-state index contributed by atoms with van der Waals surface area (Å²) >= 11 is 0. The van der Waals surface area contributed by atoms with Crippen LogP contribution in [-0.2, 0) is 6.54 Å². The fourth-order valence-electron chi connectivity index (χ4n) is 2.41. The molecule has 1 aliphatic rings. The van der Waals surface area contributed by atoms with Crippen molar-refractivity contribution < 1.29 is 4.52 Å². The molecule has 1 saturated heterocycles. The van der Waals surface area contributed by atoms with Crippen LogP contribution in [0.15, 0.2) is 29.2 Å². The smallest absolute Gasteiger partial charge is 0.132 e. The van der Waals surface area contributed by atoms with Crippen LogP contribution in [0.5, 0.6) is 0 Å². The lowest BCUT2D eigenvalue weighted by atomic mass is 10.1. The van der Waals surface area contributed by atoms with Crippen LogP contribution in [0.4, 0.5) is 0 Å². The van der Waals surface area contributed by atoms with Gasteiger partial charge in [0.2, 0.25) is 0 Å². The van der Waals surface area contributed by atoms with Crippen molar-refractivity contribution in [3.8, 4) is 0 Å². The lowest BCUT2D eigenvalue weighted by Gasteiger charge is -2.14. The average molecular weight is 244 g/mol. The molecule has 0 amide bonds. The molecule has 0 bridgehead atoms. The summed E-state index contributed by atoms with van der Waals surface area (Å²) in [4.78, 5) is 11.1. The largest absolute Gasteiger partial charge is 0.364 e. The minimum absolute atomic E-state index is 0.450. The molecule has 1 fully saturated rings. The van der Waals surface area contributed by atoms with Crippen molar-refractivity contribution in [2.45, 2.75) is 25.8 Å². The zero-order valence-corrected chi connectivity index (χ0v) is 10.4. The van der Waals surface area contributed by atoms with E-state index in [4.69, 9.17) is 4.52 Å². The van der Waals surface area contributed by atoms with Crippen molar-refractivity contribution in [2.24, 2.45) is 0 Å². The first-order valence-electron chi connectivity index (χ1n) is 6.22. The van der Waals surface area contributed by atoms with E-state index in [2.05, 4.69) is 20.0 Å². The summed E-state index contributed by atoms with van der Waals surface area (Å²) in [6, 6.07) is 1.86. The van der Waals surface area contributed by atoms with Crippen LogP contribution >= 0.6 is 0 Å². The first-order chi connectivity index (χ1) is 8.83. The monoisotopic (exact) mass is 244 g/mol. The van der Waals surface area contributed by atoms with Crippen molar-refractivity contribution in [3.05, 3.63) is 41.8 Å². The molecule has 0 aliphatic carbocycles. The molecule has 0 N–H and O–H groups in total. The summed E-state index contributed by atoms with van der Waals surface area (Å²) in [6.45, 7) is 4.97. The average Bonchev–Trinajstić information content (AvgIpc) is 3.02. The molecular weight excluding hydrogens is 228 g/mol. The van der Waals surface area contributed by atoms with E-state index in [0.29, 0.717) is 5.92 Å². The van der Waals surface area contributed by atoms with E-state index >= 15 is 0 Å². The fraction of sp³-hybridized carbons (Fsp3) is 0.462. The summed E-state index contributed by atoms with van der Waals surface area (Å²) in [7, 11) is 0. The highest BCUT2D eigenvalue weighted by molar-refractivity contribution is 5.13. The Labute approximate surface area is 106 Å². The minimum atomic E-state index is 0.450. The number of hydrogen-bond acceptors (Lipinski definition) is 5. The van der Waals surface area contributed by atoms with E-state index in [0.717, 1.165) is 37.6 Å². The van der Waals surface area contributed by atoms with Crippen LogP contribution in [0, 0.1) is 6.92 Å². The van der Waals surface area contributed by atoms with Gasteiger partial charge in [0.05, 0.1) is 5.69 Å². The van der Waals surface area contributed by atoms with Gasteiger partial charge in [0, 0.05) is 37.0 Å². The third-order valence-electron chi connectivity index (χ3n) is 3.47.